The third kappa shape index (κ3) is 2.81. The zero-order valence-corrected chi connectivity index (χ0v) is 15.9. The van der Waals surface area contributed by atoms with Gasteiger partial charge in [-0.05, 0) is 26.0 Å². The van der Waals surface area contributed by atoms with Crippen LogP contribution < -0.4 is 4.90 Å². The van der Waals surface area contributed by atoms with Gasteiger partial charge in [-0.15, -0.1) is 5.10 Å². The van der Waals surface area contributed by atoms with E-state index in [0.717, 1.165) is 46.5 Å². The highest BCUT2D eigenvalue weighted by molar-refractivity contribution is 5.92. The van der Waals surface area contributed by atoms with Crippen LogP contribution in [0.1, 0.15) is 19.4 Å². The van der Waals surface area contributed by atoms with Crippen molar-refractivity contribution in [2.24, 2.45) is 0 Å². The Morgan fingerprint density at radius 1 is 1.21 bits per heavy atom. The van der Waals surface area contributed by atoms with Crippen molar-refractivity contribution in [1.82, 2.24) is 24.8 Å². The normalized spacial score (nSPS) is 15.6. The number of aromatic nitrogens is 5. The van der Waals surface area contributed by atoms with Crippen LogP contribution in [0.2, 0.25) is 0 Å². The van der Waals surface area contributed by atoms with E-state index in [2.05, 4.69) is 15.1 Å². The monoisotopic (exact) mass is 378 g/mol. The molecule has 8 nitrogen and oxygen atoms in total. The second kappa shape index (κ2) is 6.29. The Labute approximate surface area is 161 Å². The minimum Gasteiger partial charge on any atom is -0.386 e. The maximum Gasteiger partial charge on any atom is 0.182 e. The number of nitrogens with one attached hydrogen (secondary N) is 1. The highest BCUT2D eigenvalue weighted by Crippen LogP contribution is 2.31. The minimum absolute atomic E-state index is 0.624. The van der Waals surface area contributed by atoms with Gasteiger partial charge < -0.3 is 14.7 Å². The number of hydrogen-bond donors (Lipinski definition) is 2. The number of fused-ring (bicyclic) bond motifs is 2. The Balaban J connectivity index is 1.75. The molecule has 0 amide bonds. The van der Waals surface area contributed by atoms with Crippen molar-refractivity contribution in [2.45, 2.75) is 19.4 Å². The van der Waals surface area contributed by atoms with Crippen LogP contribution in [0.3, 0.4) is 0 Å². The Kier molecular flexibility index (Phi) is 3.85. The van der Waals surface area contributed by atoms with Crippen molar-refractivity contribution < 1.29 is 9.84 Å². The van der Waals surface area contributed by atoms with Crippen LogP contribution in [0.25, 0.3) is 27.8 Å². The summed E-state index contributed by atoms with van der Waals surface area (Å²) in [5.74, 6) is 1.48. The number of H-pyrrole nitrogens is 1. The van der Waals surface area contributed by atoms with Gasteiger partial charge in [0.05, 0.1) is 30.5 Å². The molecule has 2 N–H and O–H groups in total. The standard InChI is InChI=1S/C20H22N6O2/c1-20(2,27)13-10-17-19(25-6-8-28-9-7-25)22-18(24-26(17)12-13)14-4-3-5-16-15(14)11-21-23-16/h3-5,10-12,27H,6-9H2,1-2H3,(H,21,23). The lowest BCUT2D eigenvalue weighted by atomic mass is 10.0. The molecule has 1 aliphatic rings. The highest BCUT2D eigenvalue weighted by atomic mass is 16.5. The fourth-order valence-corrected chi connectivity index (χ4v) is 3.60. The van der Waals surface area contributed by atoms with E-state index in [1.165, 1.54) is 0 Å². The lowest BCUT2D eigenvalue weighted by molar-refractivity contribution is 0.0786. The van der Waals surface area contributed by atoms with E-state index in [9.17, 15) is 5.11 Å². The summed E-state index contributed by atoms with van der Waals surface area (Å²) >= 11 is 0. The fraction of sp³-hybridized carbons (Fsp3) is 0.350. The number of morpholine rings is 1. The molecule has 0 unspecified atom stereocenters. The summed E-state index contributed by atoms with van der Waals surface area (Å²) in [4.78, 5) is 7.15. The Hall–Kier alpha value is -2.97. The molecule has 4 aromatic rings. The van der Waals surface area contributed by atoms with Gasteiger partial charge in [0, 0.05) is 35.8 Å². The van der Waals surface area contributed by atoms with Gasteiger partial charge in [-0.2, -0.15) is 5.10 Å². The molecule has 28 heavy (non-hydrogen) atoms. The smallest absolute Gasteiger partial charge is 0.182 e. The molecule has 0 radical (unpaired) electrons. The summed E-state index contributed by atoms with van der Waals surface area (Å²) < 4.78 is 7.33. The quantitative estimate of drug-likeness (QED) is 0.569. The lowest BCUT2D eigenvalue weighted by Crippen LogP contribution is -2.37. The molecular formula is C20H22N6O2. The zero-order valence-electron chi connectivity index (χ0n) is 15.9. The predicted octanol–water partition coefficient (Wildman–Crippen LogP) is 2.34. The van der Waals surface area contributed by atoms with Gasteiger partial charge in [-0.3, -0.25) is 5.10 Å². The molecule has 1 fully saturated rings. The van der Waals surface area contributed by atoms with Gasteiger partial charge in [-0.25, -0.2) is 9.50 Å². The first-order chi connectivity index (χ1) is 13.5. The topological polar surface area (TPSA) is 91.6 Å². The Morgan fingerprint density at radius 3 is 2.82 bits per heavy atom. The number of anilines is 1. The van der Waals surface area contributed by atoms with Crippen LogP contribution in [0, 0.1) is 0 Å². The number of rotatable bonds is 3. The van der Waals surface area contributed by atoms with E-state index < -0.39 is 5.60 Å². The number of nitrogens with zero attached hydrogens (tertiary/aromatic N) is 5. The van der Waals surface area contributed by atoms with Gasteiger partial charge in [-0.1, -0.05) is 12.1 Å². The average Bonchev–Trinajstić information content (AvgIpc) is 3.34. The van der Waals surface area contributed by atoms with Crippen molar-refractivity contribution in [3.8, 4) is 11.4 Å². The largest absolute Gasteiger partial charge is 0.386 e. The average molecular weight is 378 g/mol. The maximum absolute atomic E-state index is 10.5. The highest BCUT2D eigenvalue weighted by Gasteiger charge is 2.24. The maximum atomic E-state index is 10.5. The third-order valence-electron chi connectivity index (χ3n) is 5.19. The number of benzene rings is 1. The fourth-order valence-electron chi connectivity index (χ4n) is 3.60. The minimum atomic E-state index is -0.958. The SMILES string of the molecule is CC(C)(O)c1cc2c(N3CCOCC3)nc(-c3cccc4[nH]ncc34)nn2c1. The van der Waals surface area contributed by atoms with Crippen molar-refractivity contribution in [1.29, 1.82) is 0 Å². The number of aromatic amines is 1. The van der Waals surface area contributed by atoms with E-state index in [1.807, 2.05) is 35.0 Å². The summed E-state index contributed by atoms with van der Waals surface area (Å²) in [6.07, 6.45) is 3.67. The third-order valence-corrected chi connectivity index (χ3v) is 5.19. The molecule has 0 aliphatic carbocycles. The molecule has 4 heterocycles. The van der Waals surface area contributed by atoms with E-state index >= 15 is 0 Å². The summed E-state index contributed by atoms with van der Waals surface area (Å²) in [6.45, 7) is 6.42. The molecule has 0 spiro atoms. The van der Waals surface area contributed by atoms with Crippen LogP contribution in [0.5, 0.6) is 0 Å². The molecule has 1 aliphatic heterocycles. The van der Waals surface area contributed by atoms with E-state index in [0.29, 0.717) is 19.0 Å². The van der Waals surface area contributed by atoms with Gasteiger partial charge in [0.1, 0.15) is 5.52 Å². The Bertz CT molecular complexity index is 1150. The van der Waals surface area contributed by atoms with Gasteiger partial charge in [0.2, 0.25) is 0 Å². The second-order valence-corrected chi connectivity index (χ2v) is 7.61. The van der Waals surface area contributed by atoms with E-state index in [1.54, 1.807) is 20.0 Å². The molecule has 0 bridgehead atoms. The lowest BCUT2D eigenvalue weighted by Gasteiger charge is -2.28. The molecule has 1 aromatic carbocycles. The molecule has 144 valence electrons. The zero-order chi connectivity index (χ0) is 19.3. The van der Waals surface area contributed by atoms with Crippen LogP contribution in [-0.2, 0) is 10.3 Å². The Morgan fingerprint density at radius 2 is 2.04 bits per heavy atom. The first-order valence-corrected chi connectivity index (χ1v) is 9.39. The predicted molar refractivity (Wildman–Crippen MR) is 106 cm³/mol. The van der Waals surface area contributed by atoms with Crippen molar-refractivity contribution >= 4 is 22.2 Å². The number of aliphatic hydroxyl groups is 1. The van der Waals surface area contributed by atoms with Crippen molar-refractivity contribution in [3.63, 3.8) is 0 Å². The second-order valence-electron chi connectivity index (χ2n) is 7.61. The van der Waals surface area contributed by atoms with E-state index in [4.69, 9.17) is 14.8 Å². The summed E-state index contributed by atoms with van der Waals surface area (Å²) in [5, 5.41) is 23.4. The van der Waals surface area contributed by atoms with E-state index in [-0.39, 0.29) is 0 Å². The number of hydrogen-bond acceptors (Lipinski definition) is 6. The van der Waals surface area contributed by atoms with Crippen molar-refractivity contribution in [3.05, 3.63) is 42.2 Å². The molecule has 0 saturated carbocycles. The number of ether oxygens (including phenoxy) is 1. The van der Waals surface area contributed by atoms with Crippen LogP contribution in [-0.4, -0.2) is 56.2 Å². The molecule has 5 rings (SSSR count). The first kappa shape index (κ1) is 17.2. The summed E-state index contributed by atoms with van der Waals surface area (Å²) in [6, 6.07) is 7.92. The van der Waals surface area contributed by atoms with Gasteiger partial charge >= 0.3 is 0 Å². The molecule has 8 heteroatoms. The molecule has 3 aromatic heterocycles. The van der Waals surface area contributed by atoms with Crippen LogP contribution in [0.4, 0.5) is 5.82 Å². The molecule has 1 saturated heterocycles. The summed E-state index contributed by atoms with van der Waals surface area (Å²) in [7, 11) is 0. The van der Waals surface area contributed by atoms with Gasteiger partial charge in [0.15, 0.2) is 11.6 Å². The first-order valence-electron chi connectivity index (χ1n) is 9.39. The molecule has 0 atom stereocenters. The van der Waals surface area contributed by atoms with Gasteiger partial charge in [0.25, 0.3) is 0 Å². The van der Waals surface area contributed by atoms with Crippen LogP contribution in [0.15, 0.2) is 36.7 Å². The molecular weight excluding hydrogens is 356 g/mol. The van der Waals surface area contributed by atoms with Crippen molar-refractivity contribution in [2.75, 3.05) is 31.2 Å². The summed E-state index contributed by atoms with van der Waals surface area (Å²) in [5.41, 5.74) is 2.58. The van der Waals surface area contributed by atoms with Crippen LogP contribution >= 0.6 is 0 Å².